The summed E-state index contributed by atoms with van der Waals surface area (Å²) >= 11 is 0. The van der Waals surface area contributed by atoms with Crippen molar-refractivity contribution in [3.8, 4) is 78.4 Å². The minimum atomic E-state index is -0.511. The highest BCUT2D eigenvalue weighted by molar-refractivity contribution is 6.00. The molecular formula is C58H35N3. The lowest BCUT2D eigenvalue weighted by atomic mass is 9.70. The SMILES string of the molecule is [C-]#[N+]c1ccc2c(c1)C1(c3ccccc3-c3ccccc31)c1cccc(-c3ccc(-c4cccc(-c5nc(-c6ccccc6)cc(-c6ccc7ccccc7c6)n5)c4)cc3)c1-2. The maximum absolute atomic E-state index is 7.98. The molecule has 0 aliphatic heterocycles. The Labute approximate surface area is 354 Å². The second-order valence-electron chi connectivity index (χ2n) is 16.0. The number of benzene rings is 9. The topological polar surface area (TPSA) is 30.1 Å². The molecule has 0 N–H and O–H groups in total. The van der Waals surface area contributed by atoms with Crippen LogP contribution in [0.15, 0.2) is 212 Å². The van der Waals surface area contributed by atoms with E-state index in [1.807, 2.05) is 12.1 Å². The molecule has 12 rings (SSSR count). The highest BCUT2D eigenvalue weighted by Gasteiger charge is 2.52. The highest BCUT2D eigenvalue weighted by Crippen LogP contribution is 2.64. The number of rotatable bonds is 5. The minimum Gasteiger partial charge on any atom is -0.238 e. The van der Waals surface area contributed by atoms with Gasteiger partial charge in [0.05, 0.1) is 23.4 Å². The zero-order valence-corrected chi connectivity index (χ0v) is 33.0. The fourth-order valence-corrected chi connectivity index (χ4v) is 10.00. The van der Waals surface area contributed by atoms with Gasteiger partial charge in [0.25, 0.3) is 0 Å². The number of fused-ring (bicyclic) bond motifs is 11. The molecule has 1 heterocycles. The lowest BCUT2D eigenvalue weighted by Crippen LogP contribution is -2.25. The van der Waals surface area contributed by atoms with E-state index < -0.39 is 5.41 Å². The molecule has 0 bridgehead atoms. The molecule has 1 spiro atoms. The normalized spacial score (nSPS) is 12.7. The average Bonchev–Trinajstić information content (AvgIpc) is 3.81. The van der Waals surface area contributed by atoms with Gasteiger partial charge in [0.15, 0.2) is 11.5 Å². The van der Waals surface area contributed by atoms with Crippen molar-refractivity contribution in [3.63, 3.8) is 0 Å². The minimum absolute atomic E-state index is 0.511. The second-order valence-corrected chi connectivity index (χ2v) is 16.0. The van der Waals surface area contributed by atoms with Crippen LogP contribution in [-0.4, -0.2) is 9.97 Å². The molecule has 9 aromatic carbocycles. The molecule has 3 heteroatoms. The first kappa shape index (κ1) is 34.8. The molecule has 2 aliphatic rings. The van der Waals surface area contributed by atoms with Crippen molar-refractivity contribution >= 4 is 16.5 Å². The summed E-state index contributed by atoms with van der Waals surface area (Å²) in [5.74, 6) is 0.687. The summed E-state index contributed by atoms with van der Waals surface area (Å²) in [5.41, 5.74) is 19.4. The van der Waals surface area contributed by atoms with Crippen molar-refractivity contribution in [2.75, 3.05) is 0 Å². The van der Waals surface area contributed by atoms with Crippen molar-refractivity contribution in [2.45, 2.75) is 5.41 Å². The standard InChI is InChI=1S/C58H35N3/c1-59-45-31-32-49-53(35-45)58(50-22-9-7-19-47(50)48-20-8-10-23-51(48)58)52-24-12-21-46(56(49)52)39-28-25-38(26-29-39)42-17-11-18-44(34-42)57-60-54(40-14-3-2-4-15-40)36-55(61-57)43-30-27-37-13-5-6-16-41(37)33-43/h2-36H. The Morgan fingerprint density at radius 3 is 1.70 bits per heavy atom. The van der Waals surface area contributed by atoms with Crippen molar-refractivity contribution in [2.24, 2.45) is 0 Å². The Balaban J connectivity index is 0.956. The zero-order chi connectivity index (χ0) is 40.5. The van der Waals surface area contributed by atoms with E-state index in [9.17, 15) is 0 Å². The van der Waals surface area contributed by atoms with Gasteiger partial charge in [-0.25, -0.2) is 14.8 Å². The van der Waals surface area contributed by atoms with Gasteiger partial charge in [-0.2, -0.15) is 0 Å². The third-order valence-corrected chi connectivity index (χ3v) is 12.7. The van der Waals surface area contributed by atoms with Crippen LogP contribution in [0.5, 0.6) is 0 Å². The summed E-state index contributed by atoms with van der Waals surface area (Å²) < 4.78 is 0. The summed E-state index contributed by atoms with van der Waals surface area (Å²) in [4.78, 5) is 14.2. The van der Waals surface area contributed by atoms with Crippen molar-refractivity contribution in [1.82, 2.24) is 9.97 Å². The molecule has 0 fully saturated rings. The van der Waals surface area contributed by atoms with Crippen LogP contribution in [-0.2, 0) is 5.41 Å². The van der Waals surface area contributed by atoms with Gasteiger partial charge in [0.1, 0.15) is 0 Å². The number of nitrogens with zero attached hydrogens (tertiary/aromatic N) is 3. The first-order valence-corrected chi connectivity index (χ1v) is 20.7. The van der Waals surface area contributed by atoms with Gasteiger partial charge in [0.2, 0.25) is 0 Å². The van der Waals surface area contributed by atoms with Crippen LogP contribution < -0.4 is 0 Å². The van der Waals surface area contributed by atoms with Crippen molar-refractivity contribution in [1.29, 1.82) is 0 Å². The van der Waals surface area contributed by atoms with E-state index >= 15 is 0 Å². The number of hydrogen-bond acceptors (Lipinski definition) is 2. The summed E-state index contributed by atoms with van der Waals surface area (Å²) in [6.07, 6.45) is 0. The van der Waals surface area contributed by atoms with Gasteiger partial charge < -0.3 is 0 Å². The van der Waals surface area contributed by atoms with Crippen LogP contribution in [0.2, 0.25) is 0 Å². The Bertz CT molecular complexity index is 3380. The Morgan fingerprint density at radius 2 is 0.934 bits per heavy atom. The van der Waals surface area contributed by atoms with Gasteiger partial charge >= 0.3 is 0 Å². The Hall–Kier alpha value is -8.19. The van der Waals surface area contributed by atoms with E-state index in [1.165, 1.54) is 60.8 Å². The first-order chi connectivity index (χ1) is 30.2. The molecule has 1 aromatic heterocycles. The van der Waals surface area contributed by atoms with E-state index in [2.05, 4.69) is 205 Å². The van der Waals surface area contributed by atoms with E-state index in [4.69, 9.17) is 16.5 Å². The van der Waals surface area contributed by atoms with Crippen LogP contribution in [0.25, 0.3) is 94.0 Å². The smallest absolute Gasteiger partial charge is 0.187 e. The first-order valence-electron chi connectivity index (χ1n) is 20.7. The molecule has 0 saturated carbocycles. The number of hydrogen-bond donors (Lipinski definition) is 0. The van der Waals surface area contributed by atoms with E-state index in [1.54, 1.807) is 0 Å². The maximum atomic E-state index is 7.98. The van der Waals surface area contributed by atoms with Gasteiger partial charge in [0, 0.05) is 16.7 Å². The maximum Gasteiger partial charge on any atom is 0.187 e. The van der Waals surface area contributed by atoms with Crippen molar-refractivity contribution < 1.29 is 0 Å². The van der Waals surface area contributed by atoms with E-state index in [-0.39, 0.29) is 0 Å². The molecule has 3 nitrogen and oxygen atoms in total. The summed E-state index contributed by atoms with van der Waals surface area (Å²) in [5, 5.41) is 2.38. The third-order valence-electron chi connectivity index (χ3n) is 12.7. The molecule has 0 saturated heterocycles. The number of aromatic nitrogens is 2. The van der Waals surface area contributed by atoms with Crippen LogP contribution >= 0.6 is 0 Å². The van der Waals surface area contributed by atoms with E-state index in [0.29, 0.717) is 11.5 Å². The molecule has 0 unspecified atom stereocenters. The molecule has 0 amide bonds. The molecule has 0 atom stereocenters. The van der Waals surface area contributed by atoms with Crippen LogP contribution in [0.1, 0.15) is 22.3 Å². The summed E-state index contributed by atoms with van der Waals surface area (Å²) in [6.45, 7) is 7.98. The predicted molar refractivity (Wildman–Crippen MR) is 249 cm³/mol. The molecule has 61 heavy (non-hydrogen) atoms. The largest absolute Gasteiger partial charge is 0.238 e. The van der Waals surface area contributed by atoms with Gasteiger partial charge in [-0.05, 0) is 95.7 Å². The molecule has 0 radical (unpaired) electrons. The second kappa shape index (κ2) is 13.7. The Morgan fingerprint density at radius 1 is 0.344 bits per heavy atom. The fraction of sp³-hybridized carbons (Fsp3) is 0.0172. The van der Waals surface area contributed by atoms with E-state index in [0.717, 1.165) is 44.8 Å². The van der Waals surface area contributed by atoms with Gasteiger partial charge in [-0.3, -0.25) is 0 Å². The lowest BCUT2D eigenvalue weighted by molar-refractivity contribution is 0.794. The van der Waals surface area contributed by atoms with Gasteiger partial charge in [-0.15, -0.1) is 0 Å². The van der Waals surface area contributed by atoms with Crippen molar-refractivity contribution in [3.05, 3.63) is 246 Å². The zero-order valence-electron chi connectivity index (χ0n) is 33.0. The average molecular weight is 774 g/mol. The van der Waals surface area contributed by atoms with Crippen LogP contribution in [0, 0.1) is 6.57 Å². The van der Waals surface area contributed by atoms with Crippen LogP contribution in [0.4, 0.5) is 5.69 Å². The molecule has 282 valence electrons. The van der Waals surface area contributed by atoms with Gasteiger partial charge in [-0.1, -0.05) is 194 Å². The molecule has 10 aromatic rings. The monoisotopic (exact) mass is 773 g/mol. The summed E-state index contributed by atoms with van der Waals surface area (Å²) in [7, 11) is 0. The highest BCUT2D eigenvalue weighted by atomic mass is 14.9. The fourth-order valence-electron chi connectivity index (χ4n) is 10.00. The lowest BCUT2D eigenvalue weighted by Gasteiger charge is -2.30. The third kappa shape index (κ3) is 5.36. The molecule has 2 aliphatic carbocycles. The summed E-state index contributed by atoms with van der Waals surface area (Å²) in [6, 6.07) is 75.5. The quantitative estimate of drug-likeness (QED) is 0.163. The Kier molecular flexibility index (Phi) is 7.82. The predicted octanol–water partition coefficient (Wildman–Crippen LogP) is 14.9. The molecular weight excluding hydrogens is 739 g/mol. The van der Waals surface area contributed by atoms with Crippen LogP contribution in [0.3, 0.4) is 0 Å².